The van der Waals surface area contributed by atoms with E-state index in [0.717, 1.165) is 6.07 Å². The number of carbonyl (C=O) groups is 4. The minimum atomic E-state index is -4.11. The number of anilines is 1. The summed E-state index contributed by atoms with van der Waals surface area (Å²) < 4.78 is 27.8. The first-order valence-corrected chi connectivity index (χ1v) is 10.7. The lowest BCUT2D eigenvalue weighted by Gasteiger charge is -2.18. The van der Waals surface area contributed by atoms with Crippen LogP contribution in [0.5, 0.6) is 0 Å². The Morgan fingerprint density at radius 1 is 1.06 bits per heavy atom. The number of carboxylic acid groups (broad SMARTS) is 4. The molecule has 0 unspecified atom stereocenters. The summed E-state index contributed by atoms with van der Waals surface area (Å²) in [4.78, 5) is 41.3. The van der Waals surface area contributed by atoms with Crippen LogP contribution in [0.15, 0.2) is 39.8 Å². The normalized spacial score (nSPS) is 11.1. The van der Waals surface area contributed by atoms with E-state index in [1.807, 2.05) is 0 Å². The first-order valence-electron chi connectivity index (χ1n) is 8.82. The molecule has 2 aromatic rings. The van der Waals surface area contributed by atoms with Gasteiger partial charge in [0.05, 0.1) is 41.9 Å². The summed E-state index contributed by atoms with van der Waals surface area (Å²) in [6, 6.07) is 5.51. The molecule has 0 atom stereocenters. The van der Waals surface area contributed by atoms with Crippen LogP contribution in [-0.2, 0) is 31.0 Å². The minimum Gasteiger partial charge on any atom is -0.481 e. The van der Waals surface area contributed by atoms with Crippen LogP contribution in [0.1, 0.15) is 29.0 Å². The third-order valence-electron chi connectivity index (χ3n) is 3.93. The summed E-state index contributed by atoms with van der Waals surface area (Å²) in [6.07, 6.45) is -0.810. The van der Waals surface area contributed by atoms with Crippen LogP contribution in [0, 0.1) is 0 Å². The summed E-state index contributed by atoms with van der Waals surface area (Å²) in [5, 5.41) is 50.6. The van der Waals surface area contributed by atoms with Crippen molar-refractivity contribution in [3.05, 3.63) is 46.9 Å². The van der Waals surface area contributed by atoms with Crippen LogP contribution in [0.25, 0.3) is 0 Å². The molecular formula is C18H19ClN2O12S. The first-order chi connectivity index (χ1) is 15.6. The van der Waals surface area contributed by atoms with Gasteiger partial charge in [0.25, 0.3) is 0 Å². The number of nitrogens with one attached hydrogen (secondary N) is 1. The third kappa shape index (κ3) is 8.36. The highest BCUT2D eigenvalue weighted by molar-refractivity contribution is 7.89. The number of carboxylic acids is 4. The standard InChI is InChI=1S/C12H11ClN2O5S.C6H8O7/c13-9-5-10(15-6-7-2-1-3-20-7)8(12(16)17)4-11(9)21(14,18)19;7-3(8)1-6(13,5(11)12)2-4(9)10/h1-5,15H,6H2,(H,16,17)(H2,14,18,19);13H,1-2H2,(H,7,8)(H,9,10)(H,11,12). The smallest absolute Gasteiger partial charge is 0.337 e. The molecular weight excluding hydrogens is 504 g/mol. The van der Waals surface area contributed by atoms with Gasteiger partial charge in [0.1, 0.15) is 10.7 Å². The number of hydrogen-bond acceptors (Lipinski definition) is 9. The molecule has 0 radical (unpaired) electrons. The van der Waals surface area contributed by atoms with Crippen molar-refractivity contribution in [3.63, 3.8) is 0 Å². The van der Waals surface area contributed by atoms with Crippen molar-refractivity contribution in [1.29, 1.82) is 0 Å². The molecule has 8 N–H and O–H groups in total. The predicted octanol–water partition coefficient (Wildman–Crippen LogP) is 0.642. The van der Waals surface area contributed by atoms with E-state index in [2.05, 4.69) is 5.32 Å². The second-order valence-corrected chi connectivity index (χ2v) is 8.53. The highest BCUT2D eigenvalue weighted by Crippen LogP contribution is 2.28. The quantitative estimate of drug-likeness (QED) is 0.226. The molecule has 0 fully saturated rings. The fourth-order valence-corrected chi connectivity index (χ4v) is 3.50. The van der Waals surface area contributed by atoms with E-state index in [1.54, 1.807) is 12.1 Å². The number of aromatic carboxylic acids is 1. The van der Waals surface area contributed by atoms with E-state index >= 15 is 0 Å². The second-order valence-electron chi connectivity index (χ2n) is 6.59. The zero-order valence-corrected chi connectivity index (χ0v) is 18.5. The molecule has 186 valence electrons. The maximum atomic E-state index is 11.3. The molecule has 0 bridgehead atoms. The number of rotatable bonds is 10. The number of hydrogen-bond donors (Lipinski definition) is 7. The molecule has 0 amide bonds. The molecule has 0 spiro atoms. The highest BCUT2D eigenvalue weighted by Gasteiger charge is 2.40. The van der Waals surface area contributed by atoms with Gasteiger partial charge in [-0.25, -0.2) is 23.1 Å². The molecule has 2 rings (SSSR count). The van der Waals surface area contributed by atoms with Gasteiger partial charge in [0.15, 0.2) is 5.60 Å². The number of primary sulfonamides is 1. The van der Waals surface area contributed by atoms with E-state index in [4.69, 9.17) is 46.7 Å². The van der Waals surface area contributed by atoms with E-state index < -0.39 is 57.2 Å². The molecule has 0 aliphatic carbocycles. The number of sulfonamides is 1. The fourth-order valence-electron chi connectivity index (χ4n) is 2.40. The molecule has 14 nitrogen and oxygen atoms in total. The van der Waals surface area contributed by atoms with Gasteiger partial charge in [-0.15, -0.1) is 0 Å². The Morgan fingerprint density at radius 3 is 2.00 bits per heavy atom. The average Bonchev–Trinajstić information content (AvgIpc) is 3.17. The third-order valence-corrected chi connectivity index (χ3v) is 5.30. The molecule has 0 saturated carbocycles. The largest absolute Gasteiger partial charge is 0.481 e. The zero-order valence-electron chi connectivity index (χ0n) is 17.0. The average molecular weight is 523 g/mol. The Labute approximate surface area is 196 Å². The van der Waals surface area contributed by atoms with Gasteiger partial charge in [0.2, 0.25) is 10.0 Å². The van der Waals surface area contributed by atoms with Crippen LogP contribution in [0.4, 0.5) is 5.69 Å². The predicted molar refractivity (Wildman–Crippen MR) is 113 cm³/mol. The van der Waals surface area contributed by atoms with E-state index in [9.17, 15) is 27.6 Å². The van der Waals surface area contributed by atoms with Gasteiger partial charge >= 0.3 is 23.9 Å². The van der Waals surface area contributed by atoms with Crippen LogP contribution in [0.2, 0.25) is 5.02 Å². The fraction of sp³-hybridized carbons (Fsp3) is 0.222. The molecule has 1 aromatic carbocycles. The lowest BCUT2D eigenvalue weighted by Crippen LogP contribution is -2.42. The Kier molecular flexibility index (Phi) is 9.57. The lowest BCUT2D eigenvalue weighted by molar-refractivity contribution is -0.170. The summed E-state index contributed by atoms with van der Waals surface area (Å²) in [7, 11) is -4.11. The minimum absolute atomic E-state index is 0.163. The Balaban J connectivity index is 0.000000385. The van der Waals surface area contributed by atoms with Crippen molar-refractivity contribution < 1.29 is 57.5 Å². The van der Waals surface area contributed by atoms with Crippen molar-refractivity contribution in [3.8, 4) is 0 Å². The maximum Gasteiger partial charge on any atom is 0.337 e. The van der Waals surface area contributed by atoms with Crippen LogP contribution in [-0.4, -0.2) is 63.4 Å². The van der Waals surface area contributed by atoms with Gasteiger partial charge < -0.3 is 35.3 Å². The van der Waals surface area contributed by atoms with Gasteiger partial charge in [-0.1, -0.05) is 11.6 Å². The van der Waals surface area contributed by atoms with Gasteiger partial charge in [-0.05, 0) is 24.3 Å². The van der Waals surface area contributed by atoms with Gasteiger partial charge in [-0.2, -0.15) is 0 Å². The topological polar surface area (TPSA) is 255 Å². The summed E-state index contributed by atoms with van der Waals surface area (Å²) >= 11 is 5.84. The summed E-state index contributed by atoms with van der Waals surface area (Å²) in [5.74, 6) is -5.74. The number of nitrogens with two attached hydrogens (primary N) is 1. The molecule has 16 heteroatoms. The Bertz CT molecular complexity index is 1160. The van der Waals surface area contributed by atoms with Crippen LogP contribution in [0.3, 0.4) is 0 Å². The monoisotopic (exact) mass is 522 g/mol. The number of furan rings is 1. The van der Waals surface area contributed by atoms with Crippen molar-refractivity contribution in [2.45, 2.75) is 29.9 Å². The van der Waals surface area contributed by atoms with E-state index in [1.165, 1.54) is 12.3 Å². The molecule has 1 heterocycles. The zero-order chi connectivity index (χ0) is 26.3. The van der Waals surface area contributed by atoms with Crippen molar-refractivity contribution in [2.75, 3.05) is 5.32 Å². The lowest BCUT2D eigenvalue weighted by atomic mass is 9.96. The maximum absolute atomic E-state index is 11.3. The molecule has 34 heavy (non-hydrogen) atoms. The summed E-state index contributed by atoms with van der Waals surface area (Å²) in [6.45, 7) is 0.221. The molecule has 0 aliphatic heterocycles. The number of benzene rings is 1. The molecule has 1 aromatic heterocycles. The van der Waals surface area contributed by atoms with Crippen molar-refractivity contribution in [1.82, 2.24) is 0 Å². The Hall–Kier alpha value is -3.66. The molecule has 0 saturated heterocycles. The van der Waals surface area contributed by atoms with Gasteiger partial charge in [-0.3, -0.25) is 9.59 Å². The summed E-state index contributed by atoms with van der Waals surface area (Å²) in [5.41, 5.74) is -2.83. The second kappa shape index (κ2) is 11.5. The molecule has 0 aliphatic rings. The number of aliphatic carboxylic acids is 3. The van der Waals surface area contributed by atoms with Crippen LogP contribution >= 0.6 is 11.6 Å². The van der Waals surface area contributed by atoms with Crippen molar-refractivity contribution in [2.24, 2.45) is 5.14 Å². The first kappa shape index (κ1) is 28.4. The number of halogens is 1. The Morgan fingerprint density at radius 2 is 1.62 bits per heavy atom. The highest BCUT2D eigenvalue weighted by atomic mass is 35.5. The van der Waals surface area contributed by atoms with E-state index in [-0.39, 0.29) is 22.8 Å². The van der Waals surface area contributed by atoms with Crippen molar-refractivity contribution >= 4 is 51.2 Å². The number of aliphatic hydroxyl groups is 1. The van der Waals surface area contributed by atoms with Gasteiger partial charge in [0, 0.05) is 0 Å². The SMILES string of the molecule is NS(=O)(=O)c1cc(C(=O)O)c(NCc2ccco2)cc1Cl.O=C(O)CC(O)(CC(=O)O)C(=O)O. The van der Waals surface area contributed by atoms with Crippen LogP contribution < -0.4 is 10.5 Å². The van der Waals surface area contributed by atoms with E-state index in [0.29, 0.717) is 5.76 Å².